The summed E-state index contributed by atoms with van der Waals surface area (Å²) in [4.78, 5) is 24.4. The molecule has 0 unspecified atom stereocenters. The fourth-order valence-corrected chi connectivity index (χ4v) is 2.99. The maximum Gasteiger partial charge on any atom is 0.271 e. The first kappa shape index (κ1) is 19.4. The standard InChI is InChI=1S/C20H25ClN4O2/c1-20(2,3)25-17(13-4-5-13)12-16(24-25)19(27)23-11-10-22-18(26)14-6-8-15(21)9-7-14/h6-9,12-13H,4-5,10-11H2,1-3H3,(H,22,26)(H,23,27). The van der Waals surface area contributed by atoms with Crippen molar-refractivity contribution in [1.29, 1.82) is 0 Å². The lowest BCUT2D eigenvalue weighted by Crippen LogP contribution is -2.35. The second kappa shape index (κ2) is 7.72. The number of halogens is 1. The van der Waals surface area contributed by atoms with E-state index < -0.39 is 0 Å². The first-order valence-electron chi connectivity index (χ1n) is 9.18. The van der Waals surface area contributed by atoms with E-state index in [-0.39, 0.29) is 17.4 Å². The van der Waals surface area contributed by atoms with Crippen molar-refractivity contribution in [2.45, 2.75) is 45.1 Å². The van der Waals surface area contributed by atoms with Crippen LogP contribution in [-0.4, -0.2) is 34.7 Å². The summed E-state index contributed by atoms with van der Waals surface area (Å²) in [5.41, 5.74) is 1.92. The quantitative estimate of drug-likeness (QED) is 0.745. The Balaban J connectivity index is 1.52. The summed E-state index contributed by atoms with van der Waals surface area (Å²) in [6.07, 6.45) is 2.30. The van der Waals surface area contributed by atoms with Gasteiger partial charge in [0.05, 0.1) is 5.54 Å². The predicted molar refractivity (Wildman–Crippen MR) is 105 cm³/mol. The number of amides is 2. The van der Waals surface area contributed by atoms with Gasteiger partial charge in [0.25, 0.3) is 11.8 Å². The van der Waals surface area contributed by atoms with Crippen LogP contribution in [0.4, 0.5) is 0 Å². The molecule has 1 heterocycles. The Morgan fingerprint density at radius 2 is 1.70 bits per heavy atom. The minimum Gasteiger partial charge on any atom is -0.350 e. The topological polar surface area (TPSA) is 76.0 Å². The van der Waals surface area contributed by atoms with Gasteiger partial charge in [-0.2, -0.15) is 5.10 Å². The van der Waals surface area contributed by atoms with Gasteiger partial charge in [0.1, 0.15) is 5.69 Å². The molecule has 2 N–H and O–H groups in total. The van der Waals surface area contributed by atoms with Crippen LogP contribution in [0.5, 0.6) is 0 Å². The third-order valence-corrected chi connectivity index (χ3v) is 4.66. The minimum absolute atomic E-state index is 0.164. The third-order valence-electron chi connectivity index (χ3n) is 4.40. The van der Waals surface area contributed by atoms with Crippen molar-refractivity contribution in [2.24, 2.45) is 0 Å². The summed E-state index contributed by atoms with van der Waals surface area (Å²) in [7, 11) is 0. The predicted octanol–water partition coefficient (Wildman–Crippen LogP) is 3.33. The SMILES string of the molecule is CC(C)(C)n1nc(C(=O)NCCNC(=O)c2ccc(Cl)cc2)cc1C1CC1. The normalized spacial score (nSPS) is 14.1. The van der Waals surface area contributed by atoms with Crippen LogP contribution < -0.4 is 10.6 Å². The highest BCUT2D eigenvalue weighted by Gasteiger charge is 2.32. The molecule has 0 saturated heterocycles. The molecule has 7 heteroatoms. The van der Waals surface area contributed by atoms with Crippen LogP contribution in [0.1, 0.15) is 66.1 Å². The summed E-state index contributed by atoms with van der Waals surface area (Å²) in [6.45, 7) is 6.92. The number of nitrogens with zero attached hydrogens (tertiary/aromatic N) is 2. The lowest BCUT2D eigenvalue weighted by molar-refractivity contribution is 0.0924. The number of benzene rings is 1. The molecule has 0 atom stereocenters. The number of carbonyl (C=O) groups is 2. The molecule has 1 aromatic heterocycles. The van der Waals surface area contributed by atoms with Crippen LogP contribution in [0.3, 0.4) is 0 Å². The highest BCUT2D eigenvalue weighted by molar-refractivity contribution is 6.30. The van der Waals surface area contributed by atoms with Gasteiger partial charge < -0.3 is 10.6 Å². The monoisotopic (exact) mass is 388 g/mol. The van der Waals surface area contributed by atoms with Crippen LogP contribution in [0, 0.1) is 0 Å². The van der Waals surface area contributed by atoms with Gasteiger partial charge in [0, 0.05) is 35.3 Å². The smallest absolute Gasteiger partial charge is 0.271 e. The van der Waals surface area contributed by atoms with E-state index in [4.69, 9.17) is 11.6 Å². The Bertz CT molecular complexity index is 833. The second-order valence-corrected chi connectivity index (χ2v) is 8.27. The molecular formula is C20H25ClN4O2. The minimum atomic E-state index is -0.222. The molecule has 2 aromatic rings. The number of hydrogen-bond donors (Lipinski definition) is 2. The molecule has 3 rings (SSSR count). The van der Waals surface area contributed by atoms with Crippen molar-refractivity contribution >= 4 is 23.4 Å². The molecule has 6 nitrogen and oxygen atoms in total. The maximum absolute atomic E-state index is 12.4. The molecule has 1 fully saturated rings. The fraction of sp³-hybridized carbons (Fsp3) is 0.450. The highest BCUT2D eigenvalue weighted by atomic mass is 35.5. The molecule has 0 spiro atoms. The lowest BCUT2D eigenvalue weighted by atomic mass is 10.1. The van der Waals surface area contributed by atoms with E-state index in [1.807, 2.05) is 10.7 Å². The van der Waals surface area contributed by atoms with Crippen LogP contribution in [0.2, 0.25) is 5.02 Å². The number of hydrogen-bond acceptors (Lipinski definition) is 3. The summed E-state index contributed by atoms with van der Waals surface area (Å²) in [6, 6.07) is 8.55. The summed E-state index contributed by atoms with van der Waals surface area (Å²) in [5, 5.41) is 10.7. The number of rotatable bonds is 6. The van der Waals surface area contributed by atoms with Gasteiger partial charge >= 0.3 is 0 Å². The van der Waals surface area contributed by atoms with Gasteiger partial charge in [0.15, 0.2) is 0 Å². The third kappa shape index (κ3) is 4.89. The van der Waals surface area contributed by atoms with Gasteiger partial charge in [-0.1, -0.05) is 11.6 Å². The molecular weight excluding hydrogens is 364 g/mol. The Morgan fingerprint density at radius 3 is 2.26 bits per heavy atom. The van der Waals surface area contributed by atoms with Crippen LogP contribution in [-0.2, 0) is 5.54 Å². The first-order chi connectivity index (χ1) is 12.8. The largest absolute Gasteiger partial charge is 0.350 e. The molecule has 1 aliphatic rings. The lowest BCUT2D eigenvalue weighted by Gasteiger charge is -2.22. The number of carbonyl (C=O) groups excluding carboxylic acids is 2. The fourth-order valence-electron chi connectivity index (χ4n) is 2.86. The number of aromatic nitrogens is 2. The van der Waals surface area contributed by atoms with Crippen LogP contribution in [0.25, 0.3) is 0 Å². The van der Waals surface area contributed by atoms with Gasteiger partial charge in [-0.15, -0.1) is 0 Å². The Morgan fingerprint density at radius 1 is 1.11 bits per heavy atom. The molecule has 0 aliphatic heterocycles. The zero-order chi connectivity index (χ0) is 19.6. The van der Waals surface area contributed by atoms with E-state index in [0.717, 1.165) is 18.5 Å². The molecule has 0 radical (unpaired) electrons. The Labute approximate surface area is 164 Å². The highest BCUT2D eigenvalue weighted by Crippen LogP contribution is 2.41. The van der Waals surface area contributed by atoms with Gasteiger partial charge in [-0.3, -0.25) is 14.3 Å². The first-order valence-corrected chi connectivity index (χ1v) is 9.56. The van der Waals surface area contributed by atoms with Crippen molar-refractivity contribution in [1.82, 2.24) is 20.4 Å². The van der Waals surface area contributed by atoms with E-state index in [1.54, 1.807) is 24.3 Å². The Kier molecular flexibility index (Phi) is 5.56. The zero-order valence-corrected chi connectivity index (χ0v) is 16.6. The summed E-state index contributed by atoms with van der Waals surface area (Å²) < 4.78 is 1.96. The van der Waals surface area contributed by atoms with E-state index in [2.05, 4.69) is 36.5 Å². The number of nitrogens with one attached hydrogen (secondary N) is 2. The van der Waals surface area contributed by atoms with Gasteiger partial charge in [0.2, 0.25) is 0 Å². The zero-order valence-electron chi connectivity index (χ0n) is 15.9. The van der Waals surface area contributed by atoms with Crippen LogP contribution >= 0.6 is 11.6 Å². The second-order valence-electron chi connectivity index (χ2n) is 7.83. The van der Waals surface area contributed by atoms with Crippen molar-refractivity contribution in [3.8, 4) is 0 Å². The molecule has 1 saturated carbocycles. The summed E-state index contributed by atoms with van der Waals surface area (Å²) in [5.74, 6) is 0.0894. The summed E-state index contributed by atoms with van der Waals surface area (Å²) >= 11 is 5.81. The van der Waals surface area contributed by atoms with Crippen molar-refractivity contribution in [3.05, 3.63) is 52.3 Å². The van der Waals surface area contributed by atoms with Gasteiger partial charge in [-0.25, -0.2) is 0 Å². The van der Waals surface area contributed by atoms with E-state index in [0.29, 0.717) is 35.3 Å². The molecule has 0 bridgehead atoms. The Hall–Kier alpha value is -2.34. The van der Waals surface area contributed by atoms with E-state index in [9.17, 15) is 9.59 Å². The maximum atomic E-state index is 12.4. The average molecular weight is 389 g/mol. The molecule has 1 aromatic carbocycles. The van der Waals surface area contributed by atoms with E-state index in [1.165, 1.54) is 0 Å². The molecule has 27 heavy (non-hydrogen) atoms. The molecule has 2 amide bonds. The van der Waals surface area contributed by atoms with Gasteiger partial charge in [-0.05, 0) is 63.9 Å². The van der Waals surface area contributed by atoms with Crippen LogP contribution in [0.15, 0.2) is 30.3 Å². The van der Waals surface area contributed by atoms with Crippen molar-refractivity contribution in [3.63, 3.8) is 0 Å². The average Bonchev–Trinajstić information content (AvgIpc) is 3.35. The molecule has 1 aliphatic carbocycles. The van der Waals surface area contributed by atoms with Crippen molar-refractivity contribution < 1.29 is 9.59 Å². The van der Waals surface area contributed by atoms with Crippen molar-refractivity contribution in [2.75, 3.05) is 13.1 Å². The molecule has 144 valence electrons. The van der Waals surface area contributed by atoms with E-state index >= 15 is 0 Å².